The van der Waals surface area contributed by atoms with Gasteiger partial charge >= 0.3 is 0 Å². The van der Waals surface area contributed by atoms with E-state index in [1.165, 1.54) is 68.6 Å². The van der Waals surface area contributed by atoms with Crippen LogP contribution in [0.2, 0.25) is 0 Å². The van der Waals surface area contributed by atoms with Gasteiger partial charge in [-0.05, 0) is 63.1 Å². The van der Waals surface area contributed by atoms with E-state index in [-0.39, 0.29) is 0 Å². The summed E-state index contributed by atoms with van der Waals surface area (Å²) in [6, 6.07) is 6.02. The van der Waals surface area contributed by atoms with Crippen molar-refractivity contribution in [3.05, 3.63) is 23.4 Å². The number of nitrogens with one attached hydrogen (secondary N) is 1. The zero-order valence-electron chi connectivity index (χ0n) is 11.6. The number of hydrogen-bond acceptors (Lipinski definition) is 3. The molecule has 1 atom stereocenters. The van der Waals surface area contributed by atoms with Crippen molar-refractivity contribution in [2.75, 3.05) is 18.0 Å². The predicted molar refractivity (Wildman–Crippen MR) is 77.7 cm³/mol. The van der Waals surface area contributed by atoms with Crippen LogP contribution in [0.25, 0.3) is 0 Å². The van der Waals surface area contributed by atoms with Crippen LogP contribution in [0.5, 0.6) is 0 Å². The zero-order chi connectivity index (χ0) is 12.7. The van der Waals surface area contributed by atoms with E-state index in [1.54, 1.807) is 0 Å². The van der Waals surface area contributed by atoms with E-state index in [4.69, 9.17) is 4.98 Å². The van der Waals surface area contributed by atoms with E-state index in [0.29, 0.717) is 6.04 Å². The van der Waals surface area contributed by atoms with Crippen molar-refractivity contribution in [1.29, 1.82) is 0 Å². The average Bonchev–Trinajstić information content (AvgIpc) is 2.96. The Bertz CT molecular complexity index is 461. The van der Waals surface area contributed by atoms with Crippen molar-refractivity contribution in [2.24, 2.45) is 0 Å². The van der Waals surface area contributed by atoms with Gasteiger partial charge < -0.3 is 10.2 Å². The van der Waals surface area contributed by atoms with Crippen molar-refractivity contribution in [3.8, 4) is 0 Å². The Labute approximate surface area is 115 Å². The van der Waals surface area contributed by atoms with E-state index in [2.05, 4.69) is 22.3 Å². The molecule has 3 nitrogen and oxygen atoms in total. The average molecular weight is 257 g/mol. The predicted octanol–water partition coefficient (Wildman–Crippen LogP) is 2.29. The molecule has 4 rings (SSSR count). The molecule has 19 heavy (non-hydrogen) atoms. The van der Waals surface area contributed by atoms with Crippen LogP contribution >= 0.6 is 0 Å². The van der Waals surface area contributed by atoms with Crippen molar-refractivity contribution >= 4 is 5.82 Å². The summed E-state index contributed by atoms with van der Waals surface area (Å²) >= 11 is 0. The van der Waals surface area contributed by atoms with Gasteiger partial charge in [-0.3, -0.25) is 0 Å². The fraction of sp³-hybridized carbons (Fsp3) is 0.688. The van der Waals surface area contributed by atoms with Crippen molar-refractivity contribution in [3.63, 3.8) is 0 Å². The molecule has 1 saturated heterocycles. The van der Waals surface area contributed by atoms with Crippen LogP contribution in [0.1, 0.15) is 43.4 Å². The molecule has 1 aliphatic heterocycles. The second-order valence-corrected chi connectivity index (χ2v) is 6.31. The van der Waals surface area contributed by atoms with Gasteiger partial charge in [0.15, 0.2) is 0 Å². The molecule has 1 aromatic heterocycles. The molecular weight excluding hydrogens is 234 g/mol. The summed E-state index contributed by atoms with van der Waals surface area (Å²) in [6.07, 6.45) is 9.07. The Kier molecular flexibility index (Phi) is 2.95. The van der Waals surface area contributed by atoms with Crippen molar-refractivity contribution < 1.29 is 0 Å². The minimum atomic E-state index is 0.677. The fourth-order valence-corrected chi connectivity index (χ4v) is 3.53. The maximum absolute atomic E-state index is 4.96. The lowest BCUT2D eigenvalue weighted by Gasteiger charge is -2.27. The van der Waals surface area contributed by atoms with E-state index in [0.717, 1.165) is 12.6 Å². The van der Waals surface area contributed by atoms with Gasteiger partial charge in [0.2, 0.25) is 0 Å². The van der Waals surface area contributed by atoms with E-state index in [9.17, 15) is 0 Å². The summed E-state index contributed by atoms with van der Waals surface area (Å²) in [5.74, 6) is 1.23. The summed E-state index contributed by atoms with van der Waals surface area (Å²) in [6.45, 7) is 2.34. The van der Waals surface area contributed by atoms with Crippen LogP contribution in [0.15, 0.2) is 12.1 Å². The van der Waals surface area contributed by atoms with Crippen LogP contribution in [-0.2, 0) is 12.8 Å². The van der Waals surface area contributed by atoms with Gasteiger partial charge in [-0.25, -0.2) is 4.98 Å². The third-order valence-electron chi connectivity index (χ3n) is 4.77. The first-order valence-corrected chi connectivity index (χ1v) is 7.89. The number of pyridine rings is 1. The third-order valence-corrected chi connectivity index (χ3v) is 4.77. The zero-order valence-corrected chi connectivity index (χ0v) is 11.6. The summed E-state index contributed by atoms with van der Waals surface area (Å²) in [5, 5.41) is 3.62. The SMILES string of the molecule is c1cc2c(nc1N(CC1CCCN1)C1CC1)CCC2. The first-order valence-electron chi connectivity index (χ1n) is 7.89. The summed E-state index contributed by atoms with van der Waals surface area (Å²) in [5.41, 5.74) is 2.85. The minimum absolute atomic E-state index is 0.677. The van der Waals surface area contributed by atoms with Gasteiger partial charge in [0, 0.05) is 24.3 Å². The Morgan fingerprint density at radius 3 is 2.89 bits per heavy atom. The number of rotatable bonds is 4. The molecule has 0 radical (unpaired) electrons. The normalized spacial score (nSPS) is 25.6. The van der Waals surface area contributed by atoms with Crippen molar-refractivity contribution in [2.45, 2.75) is 57.0 Å². The molecule has 2 heterocycles. The number of aryl methyl sites for hydroxylation is 2. The van der Waals surface area contributed by atoms with Crippen LogP contribution < -0.4 is 10.2 Å². The Hall–Kier alpha value is -1.09. The molecule has 0 aromatic carbocycles. The Morgan fingerprint density at radius 1 is 1.16 bits per heavy atom. The monoisotopic (exact) mass is 257 g/mol. The molecule has 0 spiro atoms. The molecule has 2 fully saturated rings. The molecule has 102 valence electrons. The molecule has 2 aliphatic carbocycles. The topological polar surface area (TPSA) is 28.2 Å². The number of anilines is 1. The summed E-state index contributed by atoms with van der Waals surface area (Å²) in [7, 11) is 0. The Morgan fingerprint density at radius 2 is 2.11 bits per heavy atom. The van der Waals surface area contributed by atoms with E-state index >= 15 is 0 Å². The third kappa shape index (κ3) is 2.36. The number of hydrogen-bond donors (Lipinski definition) is 1. The second kappa shape index (κ2) is 4.78. The highest BCUT2D eigenvalue weighted by molar-refractivity contribution is 5.45. The molecular formula is C16H23N3. The van der Waals surface area contributed by atoms with Gasteiger partial charge in [0.05, 0.1) is 0 Å². The van der Waals surface area contributed by atoms with Gasteiger partial charge in [-0.2, -0.15) is 0 Å². The lowest BCUT2D eigenvalue weighted by atomic mass is 10.2. The number of aromatic nitrogens is 1. The quantitative estimate of drug-likeness (QED) is 0.897. The molecule has 1 N–H and O–H groups in total. The smallest absolute Gasteiger partial charge is 0.129 e. The summed E-state index contributed by atoms with van der Waals surface area (Å²) in [4.78, 5) is 7.53. The standard InChI is InChI=1S/C16H23N3/c1-3-12-6-9-16(18-15(12)5-1)19(14-7-8-14)11-13-4-2-10-17-13/h6,9,13-14,17H,1-5,7-8,10-11H2. The van der Waals surface area contributed by atoms with Crippen LogP contribution in [0.3, 0.4) is 0 Å². The maximum Gasteiger partial charge on any atom is 0.129 e. The molecule has 1 saturated carbocycles. The van der Waals surface area contributed by atoms with Gasteiger partial charge in [0.25, 0.3) is 0 Å². The first-order chi connectivity index (χ1) is 9.40. The van der Waals surface area contributed by atoms with Gasteiger partial charge in [-0.15, -0.1) is 0 Å². The highest BCUT2D eigenvalue weighted by Crippen LogP contribution is 2.33. The van der Waals surface area contributed by atoms with Gasteiger partial charge in [0.1, 0.15) is 5.82 Å². The Balaban J connectivity index is 1.56. The lowest BCUT2D eigenvalue weighted by molar-refractivity contribution is 0.575. The van der Waals surface area contributed by atoms with Crippen molar-refractivity contribution in [1.82, 2.24) is 10.3 Å². The molecule has 0 amide bonds. The summed E-state index contributed by atoms with van der Waals surface area (Å²) < 4.78 is 0. The highest BCUT2D eigenvalue weighted by atomic mass is 15.3. The van der Waals surface area contributed by atoms with E-state index in [1.807, 2.05) is 0 Å². The highest BCUT2D eigenvalue weighted by Gasteiger charge is 2.32. The molecule has 3 heteroatoms. The van der Waals surface area contributed by atoms with Crippen LogP contribution in [0, 0.1) is 0 Å². The molecule has 0 bridgehead atoms. The molecule has 1 aromatic rings. The van der Waals surface area contributed by atoms with Crippen LogP contribution in [-0.4, -0.2) is 30.2 Å². The molecule has 1 unspecified atom stereocenters. The van der Waals surface area contributed by atoms with Crippen LogP contribution in [0.4, 0.5) is 5.82 Å². The largest absolute Gasteiger partial charge is 0.352 e. The fourth-order valence-electron chi connectivity index (χ4n) is 3.53. The molecule has 3 aliphatic rings. The number of fused-ring (bicyclic) bond motifs is 1. The minimum Gasteiger partial charge on any atom is -0.352 e. The lowest BCUT2D eigenvalue weighted by Crippen LogP contribution is -2.39. The van der Waals surface area contributed by atoms with Gasteiger partial charge in [-0.1, -0.05) is 6.07 Å². The maximum atomic E-state index is 4.96. The van der Waals surface area contributed by atoms with E-state index < -0.39 is 0 Å². The first kappa shape index (κ1) is 11.7. The second-order valence-electron chi connectivity index (χ2n) is 6.31. The number of nitrogens with zero attached hydrogens (tertiary/aromatic N) is 2.